The van der Waals surface area contributed by atoms with Gasteiger partial charge in [0.15, 0.2) is 0 Å². The first-order valence-corrected chi connectivity index (χ1v) is 11.4. The van der Waals surface area contributed by atoms with Crippen molar-refractivity contribution in [2.75, 3.05) is 18.6 Å². The predicted molar refractivity (Wildman–Crippen MR) is 133 cm³/mol. The van der Waals surface area contributed by atoms with Gasteiger partial charge in [-0.05, 0) is 54.4 Å². The second-order valence-corrected chi connectivity index (χ2v) is 8.18. The molecule has 4 rings (SSSR count). The van der Waals surface area contributed by atoms with Crippen molar-refractivity contribution in [3.05, 3.63) is 95.1 Å². The summed E-state index contributed by atoms with van der Waals surface area (Å²) in [6.45, 7) is 2.13. The number of anilines is 1. The van der Waals surface area contributed by atoms with E-state index in [0.717, 1.165) is 0 Å². The quantitative estimate of drug-likeness (QED) is 0.217. The summed E-state index contributed by atoms with van der Waals surface area (Å²) in [7, 11) is 1.48. The van der Waals surface area contributed by atoms with Crippen molar-refractivity contribution < 1.29 is 34.1 Å². The maximum atomic E-state index is 13.3. The van der Waals surface area contributed by atoms with Crippen LogP contribution in [0.2, 0.25) is 0 Å². The molecule has 1 saturated heterocycles. The molecule has 3 aromatic carbocycles. The molecule has 1 fully saturated rings. The third-order valence-electron chi connectivity index (χ3n) is 5.79. The maximum Gasteiger partial charge on any atom is 0.338 e. The molecule has 1 amide bonds. The number of amides is 1. The monoisotopic (exact) mass is 487 g/mol. The summed E-state index contributed by atoms with van der Waals surface area (Å²) in [6, 6.07) is 17.7. The Morgan fingerprint density at radius 3 is 2.36 bits per heavy atom. The number of ketones is 1. The van der Waals surface area contributed by atoms with Crippen molar-refractivity contribution in [1.29, 1.82) is 0 Å². The minimum absolute atomic E-state index is 0.00386. The number of ether oxygens (including phenoxy) is 2. The number of nitrogens with zero attached hydrogens (tertiary/aromatic N) is 1. The highest BCUT2D eigenvalue weighted by molar-refractivity contribution is 6.51. The normalized spacial score (nSPS) is 16.7. The van der Waals surface area contributed by atoms with E-state index < -0.39 is 23.7 Å². The Balaban J connectivity index is 1.88. The van der Waals surface area contributed by atoms with E-state index in [-0.39, 0.29) is 34.9 Å². The number of phenols is 1. The number of hydrogen-bond acceptors (Lipinski definition) is 7. The fraction of sp³-hybridized carbons (Fsp3) is 0.179. The Hall–Kier alpha value is -4.59. The van der Waals surface area contributed by atoms with Gasteiger partial charge in [-0.2, -0.15) is 0 Å². The van der Waals surface area contributed by atoms with Crippen LogP contribution < -0.4 is 9.64 Å². The minimum atomic E-state index is -1.02. The van der Waals surface area contributed by atoms with Crippen molar-refractivity contribution in [3.63, 3.8) is 0 Å². The Bertz CT molecular complexity index is 1340. The van der Waals surface area contributed by atoms with E-state index in [2.05, 4.69) is 0 Å². The van der Waals surface area contributed by atoms with Gasteiger partial charge in [0.05, 0.1) is 30.9 Å². The Morgan fingerprint density at radius 1 is 0.972 bits per heavy atom. The van der Waals surface area contributed by atoms with E-state index in [0.29, 0.717) is 23.3 Å². The lowest BCUT2D eigenvalue weighted by Gasteiger charge is -2.26. The van der Waals surface area contributed by atoms with Gasteiger partial charge in [0, 0.05) is 11.3 Å². The number of phenolic OH excluding ortho intramolecular Hbond substituents is 1. The summed E-state index contributed by atoms with van der Waals surface area (Å²) >= 11 is 0. The molecular formula is C28H25NO7. The number of rotatable bonds is 7. The van der Waals surface area contributed by atoms with Gasteiger partial charge in [-0.1, -0.05) is 37.3 Å². The molecule has 8 heteroatoms. The number of aliphatic hydroxyl groups is 1. The van der Waals surface area contributed by atoms with Crippen LogP contribution >= 0.6 is 0 Å². The Morgan fingerprint density at radius 2 is 1.67 bits per heavy atom. The summed E-state index contributed by atoms with van der Waals surface area (Å²) < 4.78 is 10.4. The zero-order valence-corrected chi connectivity index (χ0v) is 19.8. The fourth-order valence-electron chi connectivity index (χ4n) is 4.06. The van der Waals surface area contributed by atoms with Gasteiger partial charge in [0.1, 0.15) is 17.3 Å². The van der Waals surface area contributed by atoms with E-state index in [1.54, 1.807) is 54.6 Å². The molecule has 36 heavy (non-hydrogen) atoms. The molecule has 8 nitrogen and oxygen atoms in total. The number of aromatic hydroxyl groups is 1. The van der Waals surface area contributed by atoms with Crippen LogP contribution in [0.3, 0.4) is 0 Å². The van der Waals surface area contributed by atoms with E-state index in [1.807, 2.05) is 6.92 Å². The number of benzene rings is 3. The van der Waals surface area contributed by atoms with E-state index in [9.17, 15) is 24.6 Å². The van der Waals surface area contributed by atoms with Crippen LogP contribution in [-0.2, 0) is 14.3 Å². The number of methoxy groups -OCH3 is 1. The first-order chi connectivity index (χ1) is 17.3. The first-order valence-electron chi connectivity index (χ1n) is 11.4. The summed E-state index contributed by atoms with van der Waals surface area (Å²) in [5.41, 5.74) is 1.16. The van der Waals surface area contributed by atoms with Crippen LogP contribution in [0.4, 0.5) is 5.69 Å². The van der Waals surface area contributed by atoms with Crippen molar-refractivity contribution in [1.82, 2.24) is 0 Å². The number of Topliss-reactive ketones (excluding diaryl/α,β-unsaturated/α-hetero) is 1. The highest BCUT2D eigenvalue weighted by Crippen LogP contribution is 2.42. The molecule has 1 heterocycles. The summed E-state index contributed by atoms with van der Waals surface area (Å²) in [4.78, 5) is 40.3. The average molecular weight is 488 g/mol. The standard InChI is InChI=1S/C28H25NO7/c1-3-14-36-28(34)19-7-4-8-20(15-19)29-24(17-10-12-21(30)13-11-17)23(26(32)27(29)33)25(31)18-6-5-9-22(16-18)35-2/h4-13,15-16,24,30-31H,3,14H2,1-2H3/b25-23+. The molecule has 1 unspecified atom stereocenters. The Kier molecular flexibility index (Phi) is 7.05. The van der Waals surface area contributed by atoms with Crippen molar-refractivity contribution >= 4 is 29.1 Å². The van der Waals surface area contributed by atoms with E-state index in [1.165, 1.54) is 30.2 Å². The molecule has 0 aromatic heterocycles. The number of aliphatic hydroxyl groups excluding tert-OH is 1. The lowest BCUT2D eigenvalue weighted by atomic mass is 9.95. The van der Waals surface area contributed by atoms with Crippen molar-refractivity contribution in [2.45, 2.75) is 19.4 Å². The second kappa shape index (κ2) is 10.4. The Labute approximate surface area is 208 Å². The van der Waals surface area contributed by atoms with Gasteiger partial charge < -0.3 is 19.7 Å². The number of carbonyl (C=O) groups excluding carboxylic acids is 3. The predicted octanol–water partition coefficient (Wildman–Crippen LogP) is 4.59. The van der Waals surface area contributed by atoms with Crippen LogP contribution in [0.15, 0.2) is 78.4 Å². The summed E-state index contributed by atoms with van der Waals surface area (Å²) in [5.74, 6) is -2.19. The molecule has 0 aliphatic carbocycles. The van der Waals surface area contributed by atoms with Crippen molar-refractivity contribution in [3.8, 4) is 11.5 Å². The molecule has 3 aromatic rings. The first kappa shape index (κ1) is 24.5. The highest BCUT2D eigenvalue weighted by Gasteiger charge is 2.47. The molecule has 1 aliphatic rings. The van der Waals surface area contributed by atoms with Crippen LogP contribution in [0.1, 0.15) is 40.9 Å². The summed E-state index contributed by atoms with van der Waals surface area (Å²) in [5, 5.41) is 21.0. The van der Waals surface area contributed by atoms with Gasteiger partial charge in [-0.25, -0.2) is 4.79 Å². The molecule has 1 aliphatic heterocycles. The molecule has 0 saturated carbocycles. The highest BCUT2D eigenvalue weighted by atomic mass is 16.5. The SMILES string of the molecule is CCCOC(=O)c1cccc(N2C(=O)C(=O)/C(=C(/O)c3cccc(OC)c3)C2c2ccc(O)cc2)c1. The lowest BCUT2D eigenvalue weighted by Crippen LogP contribution is -2.29. The number of esters is 1. The molecular weight excluding hydrogens is 462 g/mol. The lowest BCUT2D eigenvalue weighted by molar-refractivity contribution is -0.132. The molecule has 2 N–H and O–H groups in total. The third-order valence-corrected chi connectivity index (χ3v) is 5.79. The molecule has 1 atom stereocenters. The third kappa shape index (κ3) is 4.65. The topological polar surface area (TPSA) is 113 Å². The van der Waals surface area contributed by atoms with Gasteiger partial charge in [-0.15, -0.1) is 0 Å². The number of hydrogen-bond donors (Lipinski definition) is 2. The van der Waals surface area contributed by atoms with Crippen LogP contribution in [-0.4, -0.2) is 41.6 Å². The zero-order chi connectivity index (χ0) is 25.8. The van der Waals surface area contributed by atoms with Gasteiger partial charge >= 0.3 is 5.97 Å². The van der Waals surface area contributed by atoms with Gasteiger partial charge in [0.25, 0.3) is 11.7 Å². The fourth-order valence-corrected chi connectivity index (χ4v) is 4.06. The summed E-state index contributed by atoms with van der Waals surface area (Å²) in [6.07, 6.45) is 0.658. The second-order valence-electron chi connectivity index (χ2n) is 8.18. The average Bonchev–Trinajstić information content (AvgIpc) is 3.17. The molecule has 0 bridgehead atoms. The largest absolute Gasteiger partial charge is 0.508 e. The van der Waals surface area contributed by atoms with Gasteiger partial charge in [-0.3, -0.25) is 14.5 Å². The smallest absolute Gasteiger partial charge is 0.338 e. The van der Waals surface area contributed by atoms with Gasteiger partial charge in [0.2, 0.25) is 0 Å². The van der Waals surface area contributed by atoms with E-state index >= 15 is 0 Å². The van der Waals surface area contributed by atoms with Crippen LogP contribution in [0.25, 0.3) is 5.76 Å². The zero-order valence-electron chi connectivity index (χ0n) is 19.8. The minimum Gasteiger partial charge on any atom is -0.508 e. The van der Waals surface area contributed by atoms with E-state index in [4.69, 9.17) is 9.47 Å². The van der Waals surface area contributed by atoms with Crippen molar-refractivity contribution in [2.24, 2.45) is 0 Å². The maximum absolute atomic E-state index is 13.3. The molecule has 184 valence electrons. The number of carbonyl (C=O) groups is 3. The molecule has 0 radical (unpaired) electrons. The molecule has 0 spiro atoms. The van der Waals surface area contributed by atoms with Crippen LogP contribution in [0, 0.1) is 0 Å². The van der Waals surface area contributed by atoms with Crippen LogP contribution in [0.5, 0.6) is 11.5 Å².